The maximum Gasteiger partial charge on any atom is 0.0897 e. The molecule has 0 amide bonds. The Labute approximate surface area is 131 Å². The van der Waals surface area contributed by atoms with E-state index in [1.54, 1.807) is 11.3 Å². The largest absolute Gasteiger partial charge is 0.389 e. The average molecular weight is 312 g/mol. The van der Waals surface area contributed by atoms with Gasteiger partial charge in [-0.15, -0.1) is 11.3 Å². The number of nitrogens with one attached hydrogen (secondary N) is 1. The number of hydrogen-bond acceptors (Lipinski definition) is 5. The van der Waals surface area contributed by atoms with Crippen LogP contribution in [-0.2, 0) is 11.2 Å². The van der Waals surface area contributed by atoms with Crippen LogP contribution in [0.4, 0.5) is 0 Å². The Morgan fingerprint density at radius 3 is 2.90 bits per heavy atom. The molecule has 0 saturated heterocycles. The lowest BCUT2D eigenvalue weighted by Gasteiger charge is -2.24. The van der Waals surface area contributed by atoms with Gasteiger partial charge in [-0.25, -0.2) is 4.98 Å². The number of aliphatic hydroxyl groups is 1. The quantitative estimate of drug-likeness (QED) is 0.688. The van der Waals surface area contributed by atoms with Gasteiger partial charge in [0.25, 0.3) is 0 Å². The summed E-state index contributed by atoms with van der Waals surface area (Å²) in [6.45, 7) is 7.04. The molecule has 4 nitrogen and oxygen atoms in total. The number of rotatable bonds is 9. The molecule has 0 aliphatic heterocycles. The lowest BCUT2D eigenvalue weighted by atomic mass is 9.89. The van der Waals surface area contributed by atoms with Crippen LogP contribution >= 0.6 is 11.3 Å². The summed E-state index contributed by atoms with van der Waals surface area (Å²) in [5.74, 6) is 0. The molecule has 0 bridgehead atoms. The second-order valence-electron chi connectivity index (χ2n) is 6.49. The predicted molar refractivity (Wildman–Crippen MR) is 86.8 cm³/mol. The van der Waals surface area contributed by atoms with Crippen molar-refractivity contribution in [1.29, 1.82) is 0 Å². The first-order valence-electron chi connectivity index (χ1n) is 7.94. The van der Waals surface area contributed by atoms with Crippen molar-refractivity contribution in [3.8, 4) is 0 Å². The average Bonchev–Trinajstić information content (AvgIpc) is 3.04. The molecule has 1 atom stereocenters. The molecule has 0 radical (unpaired) electrons. The zero-order valence-electron chi connectivity index (χ0n) is 13.2. The first-order valence-corrected chi connectivity index (χ1v) is 8.82. The van der Waals surface area contributed by atoms with Gasteiger partial charge in [0.1, 0.15) is 0 Å². The Balaban J connectivity index is 1.51. The highest BCUT2D eigenvalue weighted by molar-refractivity contribution is 7.09. The van der Waals surface area contributed by atoms with Gasteiger partial charge in [0.2, 0.25) is 0 Å². The normalized spacial score (nSPS) is 19.0. The Morgan fingerprint density at radius 1 is 1.48 bits per heavy atom. The third kappa shape index (κ3) is 5.66. The Hall–Kier alpha value is -0.490. The molecule has 1 saturated carbocycles. The minimum atomic E-state index is -0.419. The minimum absolute atomic E-state index is 0.404. The lowest BCUT2D eigenvalue weighted by molar-refractivity contribution is 0.0372. The van der Waals surface area contributed by atoms with Gasteiger partial charge in [0, 0.05) is 24.4 Å². The van der Waals surface area contributed by atoms with Crippen LogP contribution < -0.4 is 5.32 Å². The van der Waals surface area contributed by atoms with Gasteiger partial charge >= 0.3 is 0 Å². The van der Waals surface area contributed by atoms with Gasteiger partial charge in [-0.3, -0.25) is 0 Å². The summed E-state index contributed by atoms with van der Waals surface area (Å²) in [6.07, 6.45) is 5.77. The maximum absolute atomic E-state index is 9.92. The minimum Gasteiger partial charge on any atom is -0.389 e. The summed E-state index contributed by atoms with van der Waals surface area (Å²) in [7, 11) is 0. The fourth-order valence-corrected chi connectivity index (χ4v) is 3.72. The maximum atomic E-state index is 9.92. The number of hydrogen-bond donors (Lipinski definition) is 2. The van der Waals surface area contributed by atoms with E-state index in [1.807, 2.05) is 12.4 Å². The molecule has 1 aliphatic rings. The van der Waals surface area contributed by atoms with Gasteiger partial charge < -0.3 is 15.2 Å². The monoisotopic (exact) mass is 312 g/mol. The molecular formula is C16H28N2O2S. The molecule has 0 aromatic carbocycles. The fourth-order valence-electron chi connectivity index (χ4n) is 2.96. The van der Waals surface area contributed by atoms with Crippen molar-refractivity contribution in [1.82, 2.24) is 10.3 Å². The van der Waals surface area contributed by atoms with E-state index >= 15 is 0 Å². The number of aryl methyl sites for hydroxylation is 1. The summed E-state index contributed by atoms with van der Waals surface area (Å²) in [4.78, 5) is 5.49. The summed E-state index contributed by atoms with van der Waals surface area (Å²) >= 11 is 1.67. The van der Waals surface area contributed by atoms with Crippen molar-refractivity contribution < 1.29 is 9.84 Å². The van der Waals surface area contributed by atoms with Gasteiger partial charge in [-0.1, -0.05) is 19.8 Å². The van der Waals surface area contributed by atoms with E-state index < -0.39 is 6.10 Å². The SMILES string of the molecule is Cc1ncsc1CCOCC(O)CNCC1(C)CCCC1. The Morgan fingerprint density at radius 2 is 2.24 bits per heavy atom. The summed E-state index contributed by atoms with van der Waals surface area (Å²) < 4.78 is 5.56. The number of aliphatic hydroxyl groups excluding tert-OH is 1. The zero-order valence-corrected chi connectivity index (χ0v) is 14.0. The van der Waals surface area contributed by atoms with Crippen molar-refractivity contribution in [2.24, 2.45) is 5.41 Å². The lowest BCUT2D eigenvalue weighted by Crippen LogP contribution is -2.36. The third-order valence-electron chi connectivity index (χ3n) is 4.37. The summed E-state index contributed by atoms with van der Waals surface area (Å²) in [6, 6.07) is 0. The molecule has 1 aromatic rings. The zero-order chi connectivity index (χ0) is 15.1. The molecule has 1 aromatic heterocycles. The van der Waals surface area contributed by atoms with Crippen LogP contribution in [-0.4, -0.2) is 42.5 Å². The van der Waals surface area contributed by atoms with Gasteiger partial charge in [0.15, 0.2) is 0 Å². The van der Waals surface area contributed by atoms with Crippen molar-refractivity contribution in [3.05, 3.63) is 16.1 Å². The fraction of sp³-hybridized carbons (Fsp3) is 0.812. The Bertz CT molecular complexity index is 416. The molecule has 120 valence electrons. The van der Waals surface area contributed by atoms with Crippen LogP contribution in [0.2, 0.25) is 0 Å². The van der Waals surface area contributed by atoms with Crippen LogP contribution in [0, 0.1) is 12.3 Å². The molecular weight excluding hydrogens is 284 g/mol. The third-order valence-corrected chi connectivity index (χ3v) is 5.37. The van der Waals surface area contributed by atoms with E-state index in [-0.39, 0.29) is 0 Å². The topological polar surface area (TPSA) is 54.4 Å². The smallest absolute Gasteiger partial charge is 0.0897 e. The molecule has 1 aliphatic carbocycles. The van der Waals surface area contributed by atoms with Crippen LogP contribution in [0.5, 0.6) is 0 Å². The highest BCUT2D eigenvalue weighted by Gasteiger charge is 2.28. The number of nitrogens with zero attached hydrogens (tertiary/aromatic N) is 1. The van der Waals surface area contributed by atoms with Crippen molar-refractivity contribution in [3.63, 3.8) is 0 Å². The molecule has 1 unspecified atom stereocenters. The predicted octanol–water partition coefficient (Wildman–Crippen LogP) is 2.54. The van der Waals surface area contributed by atoms with Crippen LogP contribution in [0.3, 0.4) is 0 Å². The molecule has 21 heavy (non-hydrogen) atoms. The summed E-state index contributed by atoms with van der Waals surface area (Å²) in [5, 5.41) is 13.3. The first kappa shape index (κ1) is 16.9. The van der Waals surface area contributed by atoms with Crippen LogP contribution in [0.25, 0.3) is 0 Å². The molecule has 2 N–H and O–H groups in total. The van der Waals surface area contributed by atoms with Crippen molar-refractivity contribution >= 4 is 11.3 Å². The van der Waals surface area contributed by atoms with E-state index in [2.05, 4.69) is 17.2 Å². The van der Waals surface area contributed by atoms with Gasteiger partial charge in [0.05, 0.1) is 30.5 Å². The molecule has 0 spiro atoms. The second-order valence-corrected chi connectivity index (χ2v) is 7.43. The van der Waals surface area contributed by atoms with E-state index in [4.69, 9.17) is 4.74 Å². The van der Waals surface area contributed by atoms with Crippen molar-refractivity contribution in [2.45, 2.75) is 52.1 Å². The highest BCUT2D eigenvalue weighted by atomic mass is 32.1. The molecule has 1 fully saturated rings. The van der Waals surface area contributed by atoms with E-state index in [0.717, 1.165) is 18.7 Å². The summed E-state index contributed by atoms with van der Waals surface area (Å²) in [5.41, 5.74) is 3.40. The highest BCUT2D eigenvalue weighted by Crippen LogP contribution is 2.36. The second kappa shape index (κ2) is 8.22. The number of thiazole rings is 1. The standard InChI is InChI=1S/C16H28N2O2S/c1-13-15(21-12-18-13)5-8-20-10-14(19)9-17-11-16(2)6-3-4-7-16/h12,14,17,19H,3-11H2,1-2H3. The van der Waals surface area contributed by atoms with Crippen molar-refractivity contribution in [2.75, 3.05) is 26.3 Å². The molecule has 5 heteroatoms. The van der Waals surface area contributed by atoms with Gasteiger partial charge in [-0.05, 0) is 25.2 Å². The molecule has 2 rings (SSSR count). The van der Waals surface area contributed by atoms with Gasteiger partial charge in [-0.2, -0.15) is 0 Å². The van der Waals surface area contributed by atoms with Crippen LogP contribution in [0.15, 0.2) is 5.51 Å². The molecule has 1 heterocycles. The number of aromatic nitrogens is 1. The Kier molecular flexibility index (Phi) is 6.61. The number of ether oxygens (including phenoxy) is 1. The van der Waals surface area contributed by atoms with E-state index in [9.17, 15) is 5.11 Å². The van der Waals surface area contributed by atoms with E-state index in [1.165, 1.54) is 30.6 Å². The van der Waals surface area contributed by atoms with E-state index in [0.29, 0.717) is 25.2 Å². The first-order chi connectivity index (χ1) is 10.1. The van der Waals surface area contributed by atoms with Crippen LogP contribution in [0.1, 0.15) is 43.2 Å².